The van der Waals surface area contributed by atoms with Crippen molar-refractivity contribution in [1.82, 2.24) is 19.5 Å². The van der Waals surface area contributed by atoms with Crippen molar-refractivity contribution in [3.8, 4) is 0 Å². The molecule has 108 valence electrons. The molecular weight excluding hydrogens is 262 g/mol. The van der Waals surface area contributed by atoms with Crippen molar-refractivity contribution in [2.75, 3.05) is 5.73 Å². The van der Waals surface area contributed by atoms with E-state index in [-0.39, 0.29) is 0 Å². The lowest BCUT2D eigenvalue weighted by molar-refractivity contribution is 0.726. The van der Waals surface area contributed by atoms with E-state index >= 15 is 0 Å². The van der Waals surface area contributed by atoms with Crippen LogP contribution in [-0.2, 0) is 13.0 Å². The minimum absolute atomic E-state index is 0.552. The molecule has 2 aromatic heterocycles. The molecular formula is C16H19N5. The zero-order valence-corrected chi connectivity index (χ0v) is 12.6. The predicted octanol–water partition coefficient (Wildman–Crippen LogP) is 2.64. The molecule has 5 heteroatoms. The van der Waals surface area contributed by atoms with Crippen molar-refractivity contribution >= 4 is 16.9 Å². The molecule has 0 aliphatic carbocycles. The van der Waals surface area contributed by atoms with E-state index in [0.29, 0.717) is 18.1 Å². The summed E-state index contributed by atoms with van der Waals surface area (Å²) in [6.07, 6.45) is 0.669. The first-order valence-electron chi connectivity index (χ1n) is 7.14. The Kier molecular flexibility index (Phi) is 3.33. The number of benzene rings is 1. The number of anilines is 1. The van der Waals surface area contributed by atoms with E-state index in [1.807, 2.05) is 32.0 Å². The zero-order chi connectivity index (χ0) is 15.0. The second-order valence-electron chi connectivity index (χ2n) is 5.17. The summed E-state index contributed by atoms with van der Waals surface area (Å²) in [4.78, 5) is 13.5. The van der Waals surface area contributed by atoms with Gasteiger partial charge in [0.1, 0.15) is 17.5 Å². The normalized spacial score (nSPS) is 11.2. The molecule has 2 heterocycles. The van der Waals surface area contributed by atoms with Gasteiger partial charge in [0.15, 0.2) is 0 Å². The second-order valence-corrected chi connectivity index (χ2v) is 5.17. The van der Waals surface area contributed by atoms with Gasteiger partial charge in [-0.05, 0) is 32.9 Å². The van der Waals surface area contributed by atoms with E-state index in [1.54, 1.807) is 0 Å². The van der Waals surface area contributed by atoms with E-state index in [9.17, 15) is 0 Å². The SMILES string of the molecule is CCn1c(Cc2nc(C)nc(N)c2C)nc2ccccc21. The number of fused-ring (bicyclic) bond motifs is 1. The van der Waals surface area contributed by atoms with Crippen LogP contribution in [0.1, 0.15) is 29.8 Å². The third-order valence-electron chi connectivity index (χ3n) is 3.77. The lowest BCUT2D eigenvalue weighted by atomic mass is 10.1. The van der Waals surface area contributed by atoms with Gasteiger partial charge in [-0.3, -0.25) is 0 Å². The Morgan fingerprint density at radius 3 is 2.62 bits per heavy atom. The average molecular weight is 281 g/mol. The molecule has 0 aliphatic rings. The quantitative estimate of drug-likeness (QED) is 0.801. The highest BCUT2D eigenvalue weighted by molar-refractivity contribution is 5.76. The predicted molar refractivity (Wildman–Crippen MR) is 84.1 cm³/mol. The Morgan fingerprint density at radius 2 is 1.86 bits per heavy atom. The van der Waals surface area contributed by atoms with Gasteiger partial charge in [-0.25, -0.2) is 15.0 Å². The van der Waals surface area contributed by atoms with Gasteiger partial charge in [0, 0.05) is 18.5 Å². The number of aryl methyl sites for hydroxylation is 2. The zero-order valence-electron chi connectivity index (χ0n) is 12.6. The Balaban J connectivity index is 2.10. The van der Waals surface area contributed by atoms with Crippen LogP contribution in [0, 0.1) is 13.8 Å². The molecule has 0 fully saturated rings. The number of nitrogen functional groups attached to an aromatic ring is 1. The molecule has 0 saturated carbocycles. The molecule has 0 amide bonds. The van der Waals surface area contributed by atoms with Gasteiger partial charge >= 0.3 is 0 Å². The number of rotatable bonds is 3. The van der Waals surface area contributed by atoms with Crippen LogP contribution in [0.2, 0.25) is 0 Å². The molecule has 0 unspecified atom stereocenters. The van der Waals surface area contributed by atoms with Crippen LogP contribution in [0.5, 0.6) is 0 Å². The molecule has 0 spiro atoms. The summed E-state index contributed by atoms with van der Waals surface area (Å²) in [5.41, 5.74) is 10.0. The number of para-hydroxylation sites is 2. The molecule has 0 aliphatic heterocycles. The fourth-order valence-electron chi connectivity index (χ4n) is 2.65. The Morgan fingerprint density at radius 1 is 1.10 bits per heavy atom. The van der Waals surface area contributed by atoms with E-state index in [4.69, 9.17) is 10.7 Å². The maximum absolute atomic E-state index is 5.94. The van der Waals surface area contributed by atoms with Crippen LogP contribution in [0.4, 0.5) is 5.82 Å². The monoisotopic (exact) mass is 281 g/mol. The summed E-state index contributed by atoms with van der Waals surface area (Å²) in [5, 5.41) is 0. The Hall–Kier alpha value is -2.43. The summed E-state index contributed by atoms with van der Waals surface area (Å²) in [7, 11) is 0. The minimum Gasteiger partial charge on any atom is -0.383 e. The van der Waals surface area contributed by atoms with Crippen LogP contribution in [0.15, 0.2) is 24.3 Å². The third kappa shape index (κ3) is 2.35. The maximum Gasteiger partial charge on any atom is 0.130 e. The third-order valence-corrected chi connectivity index (χ3v) is 3.77. The lowest BCUT2D eigenvalue weighted by Gasteiger charge is -2.09. The van der Waals surface area contributed by atoms with Crippen LogP contribution < -0.4 is 5.73 Å². The first kappa shape index (κ1) is 13.5. The van der Waals surface area contributed by atoms with Gasteiger partial charge < -0.3 is 10.3 Å². The molecule has 21 heavy (non-hydrogen) atoms. The van der Waals surface area contributed by atoms with E-state index in [0.717, 1.165) is 34.7 Å². The summed E-state index contributed by atoms with van der Waals surface area (Å²) in [6.45, 7) is 6.84. The maximum atomic E-state index is 5.94. The van der Waals surface area contributed by atoms with E-state index in [1.165, 1.54) is 0 Å². The fourth-order valence-corrected chi connectivity index (χ4v) is 2.65. The number of nitrogens with zero attached hydrogens (tertiary/aromatic N) is 4. The van der Waals surface area contributed by atoms with Gasteiger partial charge in [-0.2, -0.15) is 0 Å². The highest BCUT2D eigenvalue weighted by atomic mass is 15.1. The number of imidazole rings is 1. The number of hydrogen-bond acceptors (Lipinski definition) is 4. The Labute approximate surface area is 123 Å². The number of hydrogen-bond donors (Lipinski definition) is 1. The molecule has 3 aromatic rings. The summed E-state index contributed by atoms with van der Waals surface area (Å²) < 4.78 is 2.22. The molecule has 0 atom stereocenters. The lowest BCUT2D eigenvalue weighted by Crippen LogP contribution is -2.09. The van der Waals surface area contributed by atoms with Crippen molar-refractivity contribution in [2.45, 2.75) is 33.7 Å². The van der Waals surface area contributed by atoms with Gasteiger partial charge in [0.05, 0.1) is 16.7 Å². The molecule has 0 radical (unpaired) electrons. The van der Waals surface area contributed by atoms with Crippen molar-refractivity contribution < 1.29 is 0 Å². The molecule has 5 nitrogen and oxygen atoms in total. The van der Waals surface area contributed by atoms with Crippen LogP contribution >= 0.6 is 0 Å². The van der Waals surface area contributed by atoms with Gasteiger partial charge in [-0.15, -0.1) is 0 Å². The van der Waals surface area contributed by atoms with E-state index in [2.05, 4.69) is 27.5 Å². The summed E-state index contributed by atoms with van der Waals surface area (Å²) in [5.74, 6) is 2.27. The van der Waals surface area contributed by atoms with Crippen molar-refractivity contribution in [3.63, 3.8) is 0 Å². The highest BCUT2D eigenvalue weighted by Crippen LogP contribution is 2.20. The smallest absolute Gasteiger partial charge is 0.130 e. The summed E-state index contributed by atoms with van der Waals surface area (Å²) >= 11 is 0. The largest absolute Gasteiger partial charge is 0.383 e. The molecule has 2 N–H and O–H groups in total. The standard InChI is InChI=1S/C16H19N5/c1-4-21-14-8-6-5-7-12(14)20-15(21)9-13-10(2)16(17)19-11(3)18-13/h5-8H,4,9H2,1-3H3,(H2,17,18,19). The van der Waals surface area contributed by atoms with Crippen LogP contribution in [0.25, 0.3) is 11.0 Å². The number of aromatic nitrogens is 4. The second kappa shape index (κ2) is 5.16. The Bertz CT molecular complexity index is 804. The first-order valence-corrected chi connectivity index (χ1v) is 7.14. The molecule has 1 aromatic carbocycles. The molecule has 0 saturated heterocycles. The van der Waals surface area contributed by atoms with E-state index < -0.39 is 0 Å². The van der Waals surface area contributed by atoms with Gasteiger partial charge in [-0.1, -0.05) is 12.1 Å². The van der Waals surface area contributed by atoms with Crippen LogP contribution in [-0.4, -0.2) is 19.5 Å². The minimum atomic E-state index is 0.552. The number of nitrogens with two attached hydrogens (primary N) is 1. The average Bonchev–Trinajstić information content (AvgIpc) is 2.81. The topological polar surface area (TPSA) is 69.6 Å². The molecule has 3 rings (SSSR count). The van der Waals surface area contributed by atoms with Crippen molar-refractivity contribution in [2.24, 2.45) is 0 Å². The van der Waals surface area contributed by atoms with Crippen molar-refractivity contribution in [3.05, 3.63) is 47.2 Å². The van der Waals surface area contributed by atoms with Gasteiger partial charge in [0.2, 0.25) is 0 Å². The fraction of sp³-hybridized carbons (Fsp3) is 0.312. The highest BCUT2D eigenvalue weighted by Gasteiger charge is 2.13. The first-order chi connectivity index (χ1) is 10.1. The summed E-state index contributed by atoms with van der Waals surface area (Å²) in [6, 6.07) is 8.19. The van der Waals surface area contributed by atoms with Gasteiger partial charge in [0.25, 0.3) is 0 Å². The molecule has 0 bridgehead atoms. The van der Waals surface area contributed by atoms with Crippen LogP contribution in [0.3, 0.4) is 0 Å². The van der Waals surface area contributed by atoms with Crippen molar-refractivity contribution in [1.29, 1.82) is 0 Å².